The van der Waals surface area contributed by atoms with Crippen molar-refractivity contribution in [1.82, 2.24) is 4.90 Å². The molecule has 9 unspecified atom stereocenters. The normalized spacial score (nSPS) is 60.2. The summed E-state index contributed by atoms with van der Waals surface area (Å²) in [6.45, 7) is 8.69. The lowest BCUT2D eigenvalue weighted by Crippen LogP contribution is -2.84. The third-order valence-electron chi connectivity index (χ3n) is 9.88. The van der Waals surface area contributed by atoms with Gasteiger partial charge in [0.25, 0.3) is 0 Å². The van der Waals surface area contributed by atoms with E-state index in [0.29, 0.717) is 24.3 Å². The molecular formula is C22H33NO3. The van der Waals surface area contributed by atoms with Crippen molar-refractivity contribution in [1.29, 1.82) is 0 Å². The maximum Gasteiger partial charge on any atom is 0.117 e. The van der Waals surface area contributed by atoms with Crippen molar-refractivity contribution in [3.05, 3.63) is 12.2 Å². The Morgan fingerprint density at radius 2 is 2.15 bits per heavy atom. The summed E-state index contributed by atoms with van der Waals surface area (Å²) in [6, 6.07) is 0. The fourth-order valence-electron chi connectivity index (χ4n) is 9.40. The SMILES string of the molecule is C=C1CC23CCC1CC2C12CCCC4(C)CN(CCO)C1OC3C(O)C42. The zero-order chi connectivity index (χ0) is 17.9. The molecule has 0 amide bonds. The van der Waals surface area contributed by atoms with Crippen LogP contribution in [0.15, 0.2) is 12.2 Å². The molecule has 0 radical (unpaired) electrons. The number of ether oxygens (including phenoxy) is 1. The molecule has 3 heterocycles. The average molecular weight is 360 g/mol. The number of aliphatic hydroxyl groups excluding tert-OH is 2. The summed E-state index contributed by atoms with van der Waals surface area (Å²) in [5.74, 6) is 1.72. The molecule has 0 aromatic carbocycles. The van der Waals surface area contributed by atoms with Gasteiger partial charge in [-0.3, -0.25) is 4.90 Å². The number of fused-ring (bicyclic) bond motifs is 2. The molecule has 3 saturated heterocycles. The highest BCUT2D eigenvalue weighted by molar-refractivity contribution is 5.30. The number of allylic oxidation sites excluding steroid dienone is 1. The van der Waals surface area contributed by atoms with E-state index >= 15 is 0 Å². The molecule has 2 N–H and O–H groups in total. The van der Waals surface area contributed by atoms with Gasteiger partial charge in [-0.05, 0) is 55.8 Å². The van der Waals surface area contributed by atoms with Crippen LogP contribution in [0, 0.1) is 34.0 Å². The summed E-state index contributed by atoms with van der Waals surface area (Å²) in [4.78, 5) is 2.44. The van der Waals surface area contributed by atoms with Crippen LogP contribution >= 0.6 is 0 Å². The zero-order valence-electron chi connectivity index (χ0n) is 16.0. The monoisotopic (exact) mass is 359 g/mol. The lowest BCUT2D eigenvalue weighted by atomic mass is 9.32. The molecule has 7 bridgehead atoms. The first-order valence-corrected chi connectivity index (χ1v) is 10.8. The zero-order valence-corrected chi connectivity index (χ0v) is 16.0. The fourth-order valence-corrected chi connectivity index (χ4v) is 9.40. The summed E-state index contributed by atoms with van der Waals surface area (Å²) >= 11 is 0. The van der Waals surface area contributed by atoms with Crippen LogP contribution in [-0.2, 0) is 4.74 Å². The Bertz CT molecular complexity index is 666. The van der Waals surface area contributed by atoms with Gasteiger partial charge in [0, 0.05) is 29.8 Å². The van der Waals surface area contributed by atoms with Crippen molar-refractivity contribution < 1.29 is 14.9 Å². The number of aliphatic hydroxyl groups is 2. The maximum atomic E-state index is 11.6. The van der Waals surface area contributed by atoms with E-state index < -0.39 is 0 Å². The fraction of sp³-hybridized carbons (Fsp3) is 0.909. The van der Waals surface area contributed by atoms with Crippen LogP contribution in [0.2, 0.25) is 0 Å². The minimum Gasteiger partial charge on any atom is -0.395 e. The number of piperidine rings is 1. The van der Waals surface area contributed by atoms with E-state index in [2.05, 4.69) is 18.4 Å². The number of hydrogen-bond donors (Lipinski definition) is 2. The van der Waals surface area contributed by atoms with Crippen LogP contribution in [0.4, 0.5) is 0 Å². The molecule has 26 heavy (non-hydrogen) atoms. The van der Waals surface area contributed by atoms with Gasteiger partial charge in [0.15, 0.2) is 0 Å². The third kappa shape index (κ3) is 1.60. The van der Waals surface area contributed by atoms with Crippen molar-refractivity contribution in [2.24, 2.45) is 34.0 Å². The van der Waals surface area contributed by atoms with Gasteiger partial charge in [0.2, 0.25) is 0 Å². The molecule has 144 valence electrons. The predicted molar refractivity (Wildman–Crippen MR) is 98.2 cm³/mol. The number of hydrogen-bond acceptors (Lipinski definition) is 4. The molecule has 3 aliphatic heterocycles. The van der Waals surface area contributed by atoms with E-state index in [-0.39, 0.29) is 41.3 Å². The molecule has 8 rings (SSSR count). The van der Waals surface area contributed by atoms with Crippen molar-refractivity contribution in [3.8, 4) is 0 Å². The first-order chi connectivity index (χ1) is 12.5. The van der Waals surface area contributed by atoms with Crippen molar-refractivity contribution in [2.75, 3.05) is 19.7 Å². The number of β-amino-alcohol motifs (C(OH)–C–C–N with tert-alkyl or cyclic N) is 1. The van der Waals surface area contributed by atoms with E-state index in [1.807, 2.05) is 0 Å². The standard InChI is InChI=1S/C22H33NO3/c1-13-11-21-7-4-14(13)10-15(21)22-6-3-5-20(2)12-23(8-9-24)19(22)26-18(21)16(25)17(20)22/h14-19,24-25H,1,3-12H2,2H3. The Labute approximate surface area is 156 Å². The molecule has 5 saturated carbocycles. The second-order valence-corrected chi connectivity index (χ2v) is 10.8. The molecule has 2 spiro atoms. The maximum absolute atomic E-state index is 11.6. The van der Waals surface area contributed by atoms with Crippen LogP contribution in [0.5, 0.6) is 0 Å². The minimum absolute atomic E-state index is 0.0405. The lowest BCUT2D eigenvalue weighted by Gasteiger charge is -2.80. The number of rotatable bonds is 2. The first-order valence-electron chi connectivity index (χ1n) is 10.8. The highest BCUT2D eigenvalue weighted by Gasteiger charge is 2.79. The van der Waals surface area contributed by atoms with Gasteiger partial charge < -0.3 is 14.9 Å². The Morgan fingerprint density at radius 3 is 2.92 bits per heavy atom. The van der Waals surface area contributed by atoms with E-state index in [4.69, 9.17) is 4.74 Å². The van der Waals surface area contributed by atoms with Crippen molar-refractivity contribution in [3.63, 3.8) is 0 Å². The summed E-state index contributed by atoms with van der Waals surface area (Å²) in [6.07, 6.45) is 8.17. The predicted octanol–water partition coefficient (Wildman–Crippen LogP) is 2.55. The van der Waals surface area contributed by atoms with Gasteiger partial charge in [-0.15, -0.1) is 0 Å². The Hall–Kier alpha value is -0.420. The second-order valence-electron chi connectivity index (χ2n) is 10.8. The minimum atomic E-state index is -0.327. The van der Waals surface area contributed by atoms with Gasteiger partial charge in [0.05, 0.1) is 18.8 Å². The Balaban J connectivity index is 1.55. The van der Waals surface area contributed by atoms with E-state index in [1.54, 1.807) is 0 Å². The van der Waals surface area contributed by atoms with Crippen LogP contribution in [0.25, 0.3) is 0 Å². The molecule has 0 aromatic rings. The van der Waals surface area contributed by atoms with Crippen LogP contribution < -0.4 is 0 Å². The topological polar surface area (TPSA) is 52.9 Å². The average Bonchev–Trinajstić information content (AvgIpc) is 2.60. The number of likely N-dealkylation sites (tertiary alicyclic amines) is 1. The van der Waals surface area contributed by atoms with Crippen LogP contribution in [0.3, 0.4) is 0 Å². The third-order valence-corrected chi connectivity index (χ3v) is 9.88. The van der Waals surface area contributed by atoms with E-state index in [9.17, 15) is 10.2 Å². The van der Waals surface area contributed by atoms with Gasteiger partial charge in [-0.1, -0.05) is 25.5 Å². The Kier molecular flexibility index (Phi) is 3.14. The summed E-state index contributed by atoms with van der Waals surface area (Å²) < 4.78 is 6.82. The van der Waals surface area contributed by atoms with Crippen molar-refractivity contribution >= 4 is 0 Å². The highest BCUT2D eigenvalue weighted by Crippen LogP contribution is 2.78. The molecule has 8 aliphatic rings. The summed E-state index contributed by atoms with van der Waals surface area (Å²) in [5.41, 5.74) is 1.77. The second kappa shape index (κ2) is 4.94. The molecule has 8 fully saturated rings. The first kappa shape index (κ1) is 16.5. The van der Waals surface area contributed by atoms with Crippen LogP contribution in [0.1, 0.15) is 51.9 Å². The van der Waals surface area contributed by atoms with Crippen molar-refractivity contribution in [2.45, 2.75) is 70.3 Å². The van der Waals surface area contributed by atoms with Gasteiger partial charge in [-0.2, -0.15) is 0 Å². The van der Waals surface area contributed by atoms with Gasteiger partial charge in [-0.25, -0.2) is 0 Å². The van der Waals surface area contributed by atoms with E-state index in [0.717, 1.165) is 13.0 Å². The smallest absolute Gasteiger partial charge is 0.117 e. The lowest BCUT2D eigenvalue weighted by molar-refractivity contribution is -0.421. The molecule has 5 aliphatic carbocycles. The molecule has 9 atom stereocenters. The molecule has 4 heteroatoms. The Morgan fingerprint density at radius 1 is 1.31 bits per heavy atom. The van der Waals surface area contributed by atoms with Crippen LogP contribution in [-0.4, -0.2) is 53.2 Å². The van der Waals surface area contributed by atoms with E-state index in [1.165, 1.54) is 44.1 Å². The molecule has 4 nitrogen and oxygen atoms in total. The largest absolute Gasteiger partial charge is 0.395 e. The van der Waals surface area contributed by atoms with Gasteiger partial charge in [0.1, 0.15) is 6.23 Å². The number of nitrogens with zero attached hydrogens (tertiary/aromatic N) is 1. The van der Waals surface area contributed by atoms with Gasteiger partial charge >= 0.3 is 0 Å². The molecule has 0 aromatic heterocycles. The highest BCUT2D eigenvalue weighted by atomic mass is 16.5. The summed E-state index contributed by atoms with van der Waals surface area (Å²) in [7, 11) is 0. The molecular weight excluding hydrogens is 326 g/mol. The summed E-state index contributed by atoms with van der Waals surface area (Å²) in [5, 5.41) is 21.3. The quantitative estimate of drug-likeness (QED) is 0.744.